The van der Waals surface area contributed by atoms with Crippen molar-refractivity contribution in [3.63, 3.8) is 0 Å². The Labute approximate surface area is 150 Å². The number of halogens is 5. The maximum atomic E-state index is 12.7. The molecule has 3 rings (SSSR count). The normalized spacial score (nSPS) is 15.5. The average Bonchev–Trinajstić information content (AvgIpc) is 2.57. The zero-order valence-electron chi connectivity index (χ0n) is 12.6. The third kappa shape index (κ3) is 3.58. The van der Waals surface area contributed by atoms with Crippen LogP contribution in [0.5, 0.6) is 0 Å². The zero-order chi connectivity index (χ0) is 18.2. The van der Waals surface area contributed by atoms with E-state index in [2.05, 4.69) is 15.4 Å². The Kier molecular flexibility index (Phi) is 4.90. The molecule has 0 aromatic carbocycles. The third-order valence-corrected chi connectivity index (χ3v) is 4.34. The minimum Gasteiger partial charge on any atom is -0.366 e. The second kappa shape index (κ2) is 6.81. The number of alkyl halides is 3. The van der Waals surface area contributed by atoms with Crippen LogP contribution in [0.1, 0.15) is 5.56 Å². The van der Waals surface area contributed by atoms with Crippen LogP contribution in [0.2, 0.25) is 10.0 Å². The van der Waals surface area contributed by atoms with Crippen molar-refractivity contribution in [2.45, 2.75) is 6.18 Å². The fourth-order valence-electron chi connectivity index (χ4n) is 2.44. The van der Waals surface area contributed by atoms with E-state index in [4.69, 9.17) is 23.2 Å². The van der Waals surface area contributed by atoms with Gasteiger partial charge in [0.05, 0.1) is 22.5 Å². The summed E-state index contributed by atoms with van der Waals surface area (Å²) in [5, 5.41) is 6.70. The monoisotopic (exact) mass is 393 g/mol. The predicted molar refractivity (Wildman–Crippen MR) is 87.7 cm³/mol. The Hall–Kier alpha value is -1.84. The topological polar surface area (TPSA) is 63.1 Å². The second-order valence-corrected chi connectivity index (χ2v) is 6.11. The first-order chi connectivity index (χ1) is 11.8. The van der Waals surface area contributed by atoms with Gasteiger partial charge in [0.15, 0.2) is 5.82 Å². The number of hydrogen-bond donors (Lipinski definition) is 1. The van der Waals surface area contributed by atoms with E-state index in [1.807, 2.05) is 4.90 Å². The number of nitrogens with zero attached hydrogens (tertiary/aromatic N) is 4. The molecule has 2 aromatic rings. The minimum absolute atomic E-state index is 0.0883. The number of anilines is 1. The molecule has 0 aliphatic carbocycles. The van der Waals surface area contributed by atoms with Gasteiger partial charge in [-0.1, -0.05) is 23.2 Å². The summed E-state index contributed by atoms with van der Waals surface area (Å²) >= 11 is 12.0. The smallest absolute Gasteiger partial charge is 0.366 e. The van der Waals surface area contributed by atoms with E-state index in [1.54, 1.807) is 0 Å². The van der Waals surface area contributed by atoms with Gasteiger partial charge in [-0.15, -0.1) is 0 Å². The molecule has 2 aromatic heterocycles. The number of pyridine rings is 1. The highest BCUT2D eigenvalue weighted by Gasteiger charge is 2.32. The van der Waals surface area contributed by atoms with Gasteiger partial charge in [-0.2, -0.15) is 23.0 Å². The Morgan fingerprint density at radius 2 is 1.84 bits per heavy atom. The molecule has 134 valence electrons. The molecule has 25 heavy (non-hydrogen) atoms. The highest BCUT2D eigenvalue weighted by molar-refractivity contribution is 6.33. The van der Waals surface area contributed by atoms with Gasteiger partial charge in [-0.3, -0.25) is 4.79 Å². The van der Waals surface area contributed by atoms with E-state index in [9.17, 15) is 18.0 Å². The van der Waals surface area contributed by atoms with Crippen molar-refractivity contribution < 1.29 is 13.2 Å². The van der Waals surface area contributed by atoms with Gasteiger partial charge in [-0.25, -0.2) is 4.98 Å². The quantitative estimate of drug-likeness (QED) is 0.848. The van der Waals surface area contributed by atoms with Gasteiger partial charge in [-0.05, 0) is 6.07 Å². The summed E-state index contributed by atoms with van der Waals surface area (Å²) in [6.07, 6.45) is -2.62. The molecule has 11 heteroatoms. The first-order valence-electron chi connectivity index (χ1n) is 7.25. The lowest BCUT2D eigenvalue weighted by molar-refractivity contribution is -0.137. The van der Waals surface area contributed by atoms with E-state index in [1.165, 1.54) is 6.20 Å². The standard InChI is InChI=1S/C14H12Cl2F3N5O/c15-9-5-8(14(17,18)19)6-21-12(9)24-13(25)11(16)10(7-22-24)23-3-1-20-2-4-23/h5-7,20H,1-4H2. The molecule has 0 bridgehead atoms. The Balaban J connectivity index is 2.01. The molecule has 0 radical (unpaired) electrons. The van der Waals surface area contributed by atoms with Crippen molar-refractivity contribution in [3.8, 4) is 5.82 Å². The lowest BCUT2D eigenvalue weighted by Gasteiger charge is -2.29. The number of aromatic nitrogens is 3. The lowest BCUT2D eigenvalue weighted by atomic mass is 10.2. The van der Waals surface area contributed by atoms with E-state index in [0.717, 1.165) is 17.8 Å². The second-order valence-electron chi connectivity index (χ2n) is 5.32. The molecule has 1 N–H and O–H groups in total. The summed E-state index contributed by atoms with van der Waals surface area (Å²) in [5.41, 5.74) is -1.25. The van der Waals surface area contributed by atoms with Gasteiger partial charge in [0.25, 0.3) is 5.56 Å². The van der Waals surface area contributed by atoms with Crippen LogP contribution < -0.4 is 15.8 Å². The Bertz CT molecular complexity index is 849. The van der Waals surface area contributed by atoms with Crippen molar-refractivity contribution in [1.29, 1.82) is 0 Å². The van der Waals surface area contributed by atoms with Crippen LogP contribution in [0, 0.1) is 0 Å². The Morgan fingerprint density at radius 3 is 2.44 bits per heavy atom. The summed E-state index contributed by atoms with van der Waals surface area (Å²) < 4.78 is 38.9. The van der Waals surface area contributed by atoms with Crippen molar-refractivity contribution in [2.24, 2.45) is 0 Å². The van der Waals surface area contributed by atoms with Crippen LogP contribution in [0.25, 0.3) is 5.82 Å². The SMILES string of the molecule is O=c1c(Cl)c(N2CCNCC2)cnn1-c1ncc(C(F)(F)F)cc1Cl. The molecule has 0 spiro atoms. The molecule has 3 heterocycles. The Morgan fingerprint density at radius 1 is 1.16 bits per heavy atom. The fourth-order valence-corrected chi connectivity index (χ4v) is 2.94. The molecule has 6 nitrogen and oxygen atoms in total. The van der Waals surface area contributed by atoms with Crippen molar-refractivity contribution >= 4 is 28.9 Å². The average molecular weight is 394 g/mol. The van der Waals surface area contributed by atoms with Crippen LogP contribution in [-0.4, -0.2) is 40.9 Å². The summed E-state index contributed by atoms with van der Waals surface area (Å²) in [4.78, 5) is 18.0. The van der Waals surface area contributed by atoms with Crippen LogP contribution >= 0.6 is 23.2 Å². The van der Waals surface area contributed by atoms with Gasteiger partial charge in [0, 0.05) is 32.4 Å². The highest BCUT2D eigenvalue weighted by atomic mass is 35.5. The molecule has 0 amide bonds. The fraction of sp³-hybridized carbons (Fsp3) is 0.357. The van der Waals surface area contributed by atoms with E-state index < -0.39 is 17.3 Å². The highest BCUT2D eigenvalue weighted by Crippen LogP contribution is 2.31. The van der Waals surface area contributed by atoms with Gasteiger partial charge in [0.2, 0.25) is 0 Å². The van der Waals surface area contributed by atoms with Crippen LogP contribution in [0.15, 0.2) is 23.3 Å². The molecule has 0 atom stereocenters. The van der Waals surface area contributed by atoms with Gasteiger partial charge >= 0.3 is 6.18 Å². The van der Waals surface area contributed by atoms with Gasteiger partial charge in [0.1, 0.15) is 5.02 Å². The zero-order valence-corrected chi connectivity index (χ0v) is 14.2. The minimum atomic E-state index is -4.59. The van der Waals surface area contributed by atoms with Crippen LogP contribution in [0.3, 0.4) is 0 Å². The summed E-state index contributed by atoms with van der Waals surface area (Å²) in [5.74, 6) is -0.214. The molecule has 1 saturated heterocycles. The summed E-state index contributed by atoms with van der Waals surface area (Å²) in [7, 11) is 0. The van der Waals surface area contributed by atoms with Crippen LogP contribution in [-0.2, 0) is 6.18 Å². The van der Waals surface area contributed by atoms with E-state index in [-0.39, 0.29) is 15.9 Å². The predicted octanol–water partition coefficient (Wildman–Crippen LogP) is 2.36. The van der Waals surface area contributed by atoms with Gasteiger partial charge < -0.3 is 10.2 Å². The largest absolute Gasteiger partial charge is 0.417 e. The molecule has 0 unspecified atom stereocenters. The number of piperazine rings is 1. The molecular formula is C14H12Cl2F3N5O. The summed E-state index contributed by atoms with van der Waals surface area (Å²) in [6, 6.07) is 0.691. The number of rotatable bonds is 2. The lowest BCUT2D eigenvalue weighted by Crippen LogP contribution is -2.44. The molecular weight excluding hydrogens is 382 g/mol. The first kappa shape index (κ1) is 18.0. The van der Waals surface area contributed by atoms with E-state index >= 15 is 0 Å². The maximum absolute atomic E-state index is 12.7. The van der Waals surface area contributed by atoms with Crippen molar-refractivity contribution in [2.75, 3.05) is 31.1 Å². The summed E-state index contributed by atoms with van der Waals surface area (Å²) in [6.45, 7) is 2.80. The van der Waals surface area contributed by atoms with Crippen molar-refractivity contribution in [3.05, 3.63) is 44.4 Å². The van der Waals surface area contributed by atoms with Crippen molar-refractivity contribution in [1.82, 2.24) is 20.1 Å². The molecule has 1 fully saturated rings. The number of nitrogens with one attached hydrogen (secondary N) is 1. The molecule has 1 aliphatic heterocycles. The first-order valence-corrected chi connectivity index (χ1v) is 8.01. The molecule has 1 aliphatic rings. The molecule has 0 saturated carbocycles. The number of hydrogen-bond acceptors (Lipinski definition) is 5. The third-order valence-electron chi connectivity index (χ3n) is 3.71. The van der Waals surface area contributed by atoms with E-state index in [0.29, 0.717) is 31.0 Å². The van der Waals surface area contributed by atoms with Crippen LogP contribution in [0.4, 0.5) is 18.9 Å². The maximum Gasteiger partial charge on any atom is 0.417 e.